The molecule has 2 unspecified atom stereocenters. The van der Waals surface area contributed by atoms with Crippen molar-refractivity contribution in [1.29, 1.82) is 0 Å². The number of benzene rings is 2. The van der Waals surface area contributed by atoms with Gasteiger partial charge in [-0.25, -0.2) is 0 Å². The average molecular weight is 749 g/mol. The topological polar surface area (TPSA) is 145 Å². The lowest BCUT2D eigenvalue weighted by Crippen LogP contribution is -2.52. The largest absolute Gasteiger partial charge is 0.356 e. The van der Waals surface area contributed by atoms with Crippen molar-refractivity contribution in [3.8, 4) is 0 Å². The zero-order valence-corrected chi connectivity index (χ0v) is 34.2. The van der Waals surface area contributed by atoms with Crippen LogP contribution in [0.4, 0.5) is 0 Å². The Morgan fingerprint density at radius 3 is 2.19 bits per heavy atom. The molecular formula is C43H68N6O5. The predicted molar refractivity (Wildman–Crippen MR) is 216 cm³/mol. The van der Waals surface area contributed by atoms with Gasteiger partial charge in [0.05, 0.1) is 6.04 Å². The third-order valence-corrected chi connectivity index (χ3v) is 9.67. The molecule has 11 nitrogen and oxygen atoms in total. The summed E-state index contributed by atoms with van der Waals surface area (Å²) in [7, 11) is 0. The normalized spacial score (nSPS) is 16.7. The minimum atomic E-state index is -0.520. The molecule has 4 N–H and O–H groups in total. The Morgan fingerprint density at radius 2 is 1.56 bits per heavy atom. The van der Waals surface area contributed by atoms with Crippen molar-refractivity contribution in [2.45, 2.75) is 126 Å². The highest BCUT2D eigenvalue weighted by Crippen LogP contribution is 2.29. The van der Waals surface area contributed by atoms with E-state index >= 15 is 0 Å². The van der Waals surface area contributed by atoms with Gasteiger partial charge in [-0.2, -0.15) is 0 Å². The number of unbranched alkanes of at least 4 members (excludes halogenated alkanes) is 1. The molecule has 2 saturated heterocycles. The zero-order valence-electron chi connectivity index (χ0n) is 34.2. The number of amides is 4. The highest BCUT2D eigenvalue weighted by Gasteiger charge is 2.32. The van der Waals surface area contributed by atoms with Crippen LogP contribution in [0.1, 0.15) is 114 Å². The van der Waals surface area contributed by atoms with Crippen LogP contribution in [-0.4, -0.2) is 89.4 Å². The number of carbonyl (C=O) groups excluding carboxylic acids is 5. The fourth-order valence-electron chi connectivity index (χ4n) is 6.73. The lowest BCUT2D eigenvalue weighted by atomic mass is 10.0. The van der Waals surface area contributed by atoms with Gasteiger partial charge in [0.2, 0.25) is 23.6 Å². The second-order valence-electron chi connectivity index (χ2n) is 14.1. The van der Waals surface area contributed by atoms with E-state index in [0.717, 1.165) is 51.7 Å². The Morgan fingerprint density at radius 1 is 0.889 bits per heavy atom. The van der Waals surface area contributed by atoms with E-state index in [1.807, 2.05) is 37.5 Å². The van der Waals surface area contributed by atoms with Gasteiger partial charge in [-0.15, -0.1) is 0 Å². The van der Waals surface area contributed by atoms with Crippen LogP contribution in [0, 0.1) is 12.8 Å². The van der Waals surface area contributed by atoms with E-state index in [0.29, 0.717) is 52.1 Å². The Labute approximate surface area is 324 Å². The third-order valence-electron chi connectivity index (χ3n) is 9.67. The maximum absolute atomic E-state index is 13.0. The second kappa shape index (κ2) is 25.1. The maximum atomic E-state index is 13.0. The van der Waals surface area contributed by atoms with E-state index < -0.39 is 6.04 Å². The smallest absolute Gasteiger partial charge is 0.239 e. The first kappa shape index (κ1) is 46.1. The van der Waals surface area contributed by atoms with Gasteiger partial charge < -0.3 is 31.0 Å². The average Bonchev–Trinajstić information content (AvgIpc) is 3.80. The summed E-state index contributed by atoms with van der Waals surface area (Å²) in [5.74, 6) is 0.0741. The molecule has 3 aliphatic heterocycles. The maximum Gasteiger partial charge on any atom is 0.239 e. The summed E-state index contributed by atoms with van der Waals surface area (Å²) >= 11 is 0. The molecule has 2 aromatic rings. The minimum absolute atomic E-state index is 0.00509. The first-order chi connectivity index (χ1) is 26.0. The van der Waals surface area contributed by atoms with Crippen molar-refractivity contribution >= 4 is 29.4 Å². The third kappa shape index (κ3) is 15.7. The zero-order chi connectivity index (χ0) is 40.0. The van der Waals surface area contributed by atoms with Crippen molar-refractivity contribution in [2.75, 3.05) is 39.3 Å². The van der Waals surface area contributed by atoms with Gasteiger partial charge in [0.15, 0.2) is 0 Å². The van der Waals surface area contributed by atoms with Crippen LogP contribution in [0.5, 0.6) is 0 Å². The molecule has 0 spiro atoms. The number of nitrogens with one attached hydrogen (secondary N) is 2. The van der Waals surface area contributed by atoms with Crippen molar-refractivity contribution in [3.05, 3.63) is 70.3 Å². The van der Waals surface area contributed by atoms with Crippen LogP contribution in [0.25, 0.3) is 0 Å². The van der Waals surface area contributed by atoms with Gasteiger partial charge >= 0.3 is 0 Å². The summed E-state index contributed by atoms with van der Waals surface area (Å²) in [6.45, 7) is 19.2. The molecule has 0 radical (unpaired) electrons. The van der Waals surface area contributed by atoms with Crippen LogP contribution in [0.15, 0.2) is 42.5 Å². The van der Waals surface area contributed by atoms with Crippen molar-refractivity contribution < 1.29 is 24.0 Å². The van der Waals surface area contributed by atoms with E-state index in [1.54, 1.807) is 0 Å². The van der Waals surface area contributed by atoms with Crippen molar-refractivity contribution in [3.63, 3.8) is 0 Å². The van der Waals surface area contributed by atoms with Gasteiger partial charge in [-0.05, 0) is 81.5 Å². The van der Waals surface area contributed by atoms with E-state index in [-0.39, 0.29) is 41.8 Å². The molecular weight excluding hydrogens is 681 g/mol. The highest BCUT2D eigenvalue weighted by atomic mass is 16.2. The standard InChI is InChI=1S/C36H50N6O4.C3H6O.2C2H6/c1-26-11-13-27(14-12-26)6-4-10-33(43)38-16-3-2-9-32(37)36(46)41-20-18-40(19-21-41)23-29-7-5-8-30-24-42(25-31(29)30)34(44)22-28-15-17-39-35(28)45;1-3(2)4;2*1-2/h5,7-8,11-14,28,32H,2-4,6,9-10,15-25,37H2,1H3,(H,38,43)(H,39,45);1-2H3;2*1-2H3. The van der Waals surface area contributed by atoms with Gasteiger partial charge in [-0.3, -0.25) is 24.1 Å². The van der Waals surface area contributed by atoms with Gasteiger partial charge in [0.25, 0.3) is 0 Å². The molecule has 0 aliphatic carbocycles. The summed E-state index contributed by atoms with van der Waals surface area (Å²) in [5.41, 5.74) is 12.4. The fourth-order valence-corrected chi connectivity index (χ4v) is 6.73. The van der Waals surface area contributed by atoms with E-state index in [1.165, 1.54) is 41.7 Å². The van der Waals surface area contributed by atoms with E-state index in [4.69, 9.17) is 5.73 Å². The minimum Gasteiger partial charge on any atom is -0.356 e. The number of nitrogens with zero attached hydrogens (tertiary/aromatic N) is 3. The van der Waals surface area contributed by atoms with Gasteiger partial charge in [0, 0.05) is 77.7 Å². The summed E-state index contributed by atoms with van der Waals surface area (Å²) in [6.07, 6.45) is 5.46. The number of carbonyl (C=O) groups is 5. The highest BCUT2D eigenvalue weighted by molar-refractivity contribution is 5.87. The monoisotopic (exact) mass is 749 g/mol. The van der Waals surface area contributed by atoms with Crippen molar-refractivity contribution in [2.24, 2.45) is 11.7 Å². The second-order valence-corrected chi connectivity index (χ2v) is 14.1. The van der Waals surface area contributed by atoms with Crippen LogP contribution in [0.3, 0.4) is 0 Å². The predicted octanol–water partition coefficient (Wildman–Crippen LogP) is 5.29. The lowest BCUT2D eigenvalue weighted by Gasteiger charge is -2.36. The number of ketones is 1. The van der Waals surface area contributed by atoms with Gasteiger partial charge in [-0.1, -0.05) is 75.7 Å². The quantitative estimate of drug-likeness (QED) is 0.223. The number of aryl methyl sites for hydroxylation is 2. The Bertz CT molecular complexity index is 1470. The molecule has 11 heteroatoms. The Balaban J connectivity index is 0.00000116. The number of hydrogen-bond acceptors (Lipinski definition) is 7. The van der Waals surface area contributed by atoms with Crippen LogP contribution in [-0.2, 0) is 50.0 Å². The number of piperazine rings is 1. The molecule has 3 aliphatic rings. The summed E-state index contributed by atoms with van der Waals surface area (Å²) in [4.78, 5) is 65.7. The van der Waals surface area contributed by atoms with Crippen LogP contribution < -0.4 is 16.4 Å². The molecule has 3 heterocycles. The van der Waals surface area contributed by atoms with Gasteiger partial charge in [0.1, 0.15) is 5.78 Å². The molecule has 2 aromatic carbocycles. The molecule has 4 amide bonds. The first-order valence-corrected chi connectivity index (χ1v) is 20.2. The molecule has 5 rings (SSSR count). The summed E-state index contributed by atoms with van der Waals surface area (Å²) in [6, 6.07) is 14.2. The molecule has 0 saturated carbocycles. The number of hydrogen-bond donors (Lipinski definition) is 3. The molecule has 54 heavy (non-hydrogen) atoms. The van der Waals surface area contributed by atoms with E-state index in [2.05, 4.69) is 64.9 Å². The Kier molecular flexibility index (Phi) is 21.4. The number of fused-ring (bicyclic) bond motifs is 1. The molecule has 2 atom stereocenters. The van der Waals surface area contributed by atoms with Crippen LogP contribution >= 0.6 is 0 Å². The van der Waals surface area contributed by atoms with Crippen molar-refractivity contribution in [1.82, 2.24) is 25.3 Å². The molecule has 0 bridgehead atoms. The summed E-state index contributed by atoms with van der Waals surface area (Å²) in [5, 5.41) is 5.81. The number of nitrogens with two attached hydrogens (primary N) is 1. The molecule has 2 fully saturated rings. The first-order valence-electron chi connectivity index (χ1n) is 20.2. The lowest BCUT2D eigenvalue weighted by molar-refractivity contribution is -0.135. The SMILES string of the molecule is CC.CC.CC(C)=O.Cc1ccc(CCCC(=O)NCCCCC(N)C(=O)N2CCN(Cc3cccc4c3CN(C(=O)CC3CCNC3=O)C4)CC2)cc1. The van der Waals surface area contributed by atoms with Crippen LogP contribution in [0.2, 0.25) is 0 Å². The fraction of sp³-hybridized carbons (Fsp3) is 0.605. The Hall–Kier alpha value is -4.09. The number of Topliss-reactive ketones (excluding diaryl/α,β-unsaturated/α-hetero) is 1. The molecule has 0 aromatic heterocycles. The van der Waals surface area contributed by atoms with E-state index in [9.17, 15) is 24.0 Å². The number of rotatable bonds is 14. The summed E-state index contributed by atoms with van der Waals surface area (Å²) < 4.78 is 0. The molecule has 300 valence electrons.